The standard InChI is InChI=1S/C12H16N4O2/c1-8-6-9(13)15-10(14-8)7-16-11(17)4-2-3-5-12(16)18/h6H,2-5,7H2,1H3,(H2,13,14,15). The number of anilines is 1. The largest absolute Gasteiger partial charge is 0.384 e. The zero-order chi connectivity index (χ0) is 13.1. The summed E-state index contributed by atoms with van der Waals surface area (Å²) in [5, 5.41) is 0. The molecule has 0 saturated carbocycles. The minimum Gasteiger partial charge on any atom is -0.384 e. The summed E-state index contributed by atoms with van der Waals surface area (Å²) in [5.41, 5.74) is 6.35. The van der Waals surface area contributed by atoms with Gasteiger partial charge in [-0.15, -0.1) is 0 Å². The second-order valence-corrected chi connectivity index (χ2v) is 4.43. The number of nitrogens with zero attached hydrogens (tertiary/aromatic N) is 3. The van der Waals surface area contributed by atoms with E-state index < -0.39 is 0 Å². The highest BCUT2D eigenvalue weighted by molar-refractivity contribution is 5.95. The number of likely N-dealkylation sites (tertiary alicyclic amines) is 1. The van der Waals surface area contributed by atoms with Crippen LogP contribution in [0.2, 0.25) is 0 Å². The first kappa shape index (κ1) is 12.5. The Morgan fingerprint density at radius 3 is 2.39 bits per heavy atom. The molecule has 1 aliphatic heterocycles. The summed E-state index contributed by atoms with van der Waals surface area (Å²) < 4.78 is 0. The lowest BCUT2D eigenvalue weighted by Crippen LogP contribution is -2.35. The van der Waals surface area contributed by atoms with Gasteiger partial charge >= 0.3 is 0 Å². The summed E-state index contributed by atoms with van der Waals surface area (Å²) in [5.74, 6) is 0.464. The Hall–Kier alpha value is -1.98. The number of carbonyl (C=O) groups is 2. The molecule has 0 aliphatic carbocycles. The van der Waals surface area contributed by atoms with E-state index in [-0.39, 0.29) is 18.4 Å². The number of carbonyl (C=O) groups excluding carboxylic acids is 2. The van der Waals surface area contributed by atoms with Crippen LogP contribution in [0.1, 0.15) is 37.2 Å². The van der Waals surface area contributed by atoms with Gasteiger partial charge in [-0.25, -0.2) is 9.97 Å². The summed E-state index contributed by atoms with van der Waals surface area (Å²) in [4.78, 5) is 33.1. The number of hydrogen-bond acceptors (Lipinski definition) is 5. The molecule has 2 N–H and O–H groups in total. The first-order valence-electron chi connectivity index (χ1n) is 5.99. The Bertz CT molecular complexity index is 449. The number of amides is 2. The van der Waals surface area contributed by atoms with E-state index in [1.54, 1.807) is 13.0 Å². The molecule has 0 radical (unpaired) electrons. The first-order chi connectivity index (χ1) is 8.56. The van der Waals surface area contributed by atoms with E-state index in [2.05, 4.69) is 9.97 Å². The molecule has 1 aromatic rings. The molecule has 1 saturated heterocycles. The summed E-state index contributed by atoms with van der Waals surface area (Å²) in [6.07, 6.45) is 2.34. The second-order valence-electron chi connectivity index (χ2n) is 4.43. The van der Waals surface area contributed by atoms with Crippen molar-refractivity contribution < 1.29 is 9.59 Å². The average molecular weight is 248 g/mol. The molecule has 2 heterocycles. The second kappa shape index (κ2) is 5.12. The lowest BCUT2D eigenvalue weighted by atomic mass is 10.2. The molecule has 1 aliphatic rings. The van der Waals surface area contributed by atoms with Crippen LogP contribution in [-0.2, 0) is 16.1 Å². The van der Waals surface area contributed by atoms with Crippen LogP contribution in [0.5, 0.6) is 0 Å². The van der Waals surface area contributed by atoms with Crippen molar-refractivity contribution in [1.82, 2.24) is 14.9 Å². The topological polar surface area (TPSA) is 89.2 Å². The highest BCUT2D eigenvalue weighted by atomic mass is 16.2. The highest BCUT2D eigenvalue weighted by Gasteiger charge is 2.24. The van der Waals surface area contributed by atoms with Crippen LogP contribution in [0, 0.1) is 6.92 Å². The Morgan fingerprint density at radius 1 is 1.22 bits per heavy atom. The summed E-state index contributed by atoms with van der Waals surface area (Å²) in [6, 6.07) is 1.65. The van der Waals surface area contributed by atoms with Gasteiger partial charge in [0.1, 0.15) is 5.82 Å². The predicted molar refractivity (Wildman–Crippen MR) is 65.2 cm³/mol. The lowest BCUT2D eigenvalue weighted by molar-refractivity contribution is -0.144. The lowest BCUT2D eigenvalue weighted by Gasteiger charge is -2.17. The molecule has 0 atom stereocenters. The number of rotatable bonds is 2. The molecule has 6 heteroatoms. The summed E-state index contributed by atoms with van der Waals surface area (Å²) in [7, 11) is 0. The smallest absolute Gasteiger partial charge is 0.229 e. The van der Waals surface area contributed by atoms with Crippen molar-refractivity contribution in [1.29, 1.82) is 0 Å². The normalized spacial score (nSPS) is 16.8. The highest BCUT2D eigenvalue weighted by Crippen LogP contribution is 2.15. The van der Waals surface area contributed by atoms with Crippen molar-refractivity contribution in [2.45, 2.75) is 39.2 Å². The van der Waals surface area contributed by atoms with Crippen LogP contribution >= 0.6 is 0 Å². The maximum absolute atomic E-state index is 11.8. The van der Waals surface area contributed by atoms with Gasteiger partial charge in [-0.3, -0.25) is 14.5 Å². The van der Waals surface area contributed by atoms with E-state index in [1.165, 1.54) is 4.90 Å². The molecule has 2 rings (SSSR count). The molecule has 1 aromatic heterocycles. The Morgan fingerprint density at radius 2 is 1.83 bits per heavy atom. The van der Waals surface area contributed by atoms with Gasteiger partial charge in [-0.2, -0.15) is 0 Å². The molecule has 0 spiro atoms. The van der Waals surface area contributed by atoms with Crippen LogP contribution < -0.4 is 5.73 Å². The van der Waals surface area contributed by atoms with Gasteiger partial charge < -0.3 is 5.73 Å². The summed E-state index contributed by atoms with van der Waals surface area (Å²) in [6.45, 7) is 1.91. The SMILES string of the molecule is Cc1cc(N)nc(CN2C(=O)CCCCC2=O)n1. The Labute approximate surface area is 105 Å². The van der Waals surface area contributed by atoms with Gasteiger partial charge in [-0.1, -0.05) is 0 Å². The van der Waals surface area contributed by atoms with Gasteiger partial charge in [0.25, 0.3) is 0 Å². The fourth-order valence-electron chi connectivity index (χ4n) is 2.01. The third kappa shape index (κ3) is 2.82. The van der Waals surface area contributed by atoms with Gasteiger partial charge in [0.05, 0.1) is 6.54 Å². The molecule has 1 fully saturated rings. The average Bonchev–Trinajstić information content (AvgIpc) is 2.43. The minimum absolute atomic E-state index is 0.115. The number of aromatic nitrogens is 2. The van der Waals surface area contributed by atoms with E-state index >= 15 is 0 Å². The van der Waals surface area contributed by atoms with Gasteiger partial charge in [0, 0.05) is 24.6 Å². The maximum Gasteiger partial charge on any atom is 0.229 e. The number of imide groups is 1. The van der Waals surface area contributed by atoms with Crippen molar-refractivity contribution in [2.24, 2.45) is 0 Å². The van der Waals surface area contributed by atoms with Crippen LogP contribution in [-0.4, -0.2) is 26.7 Å². The molecule has 2 amide bonds. The quantitative estimate of drug-likeness (QED) is 0.782. The van der Waals surface area contributed by atoms with Gasteiger partial charge in [0.15, 0.2) is 5.82 Å². The van der Waals surface area contributed by atoms with Crippen molar-refractivity contribution >= 4 is 17.6 Å². The van der Waals surface area contributed by atoms with Crippen LogP contribution in [0.15, 0.2) is 6.07 Å². The van der Waals surface area contributed by atoms with Crippen molar-refractivity contribution in [2.75, 3.05) is 5.73 Å². The monoisotopic (exact) mass is 248 g/mol. The zero-order valence-corrected chi connectivity index (χ0v) is 10.3. The number of nitrogens with two attached hydrogens (primary N) is 1. The molecule has 18 heavy (non-hydrogen) atoms. The van der Waals surface area contributed by atoms with E-state index in [1.807, 2.05) is 0 Å². The molecule has 0 bridgehead atoms. The van der Waals surface area contributed by atoms with E-state index in [9.17, 15) is 9.59 Å². The number of nitrogen functional groups attached to an aromatic ring is 1. The Kier molecular flexibility index (Phi) is 3.55. The van der Waals surface area contributed by atoms with E-state index in [4.69, 9.17) is 5.73 Å². The van der Waals surface area contributed by atoms with E-state index in [0.29, 0.717) is 24.5 Å². The molecule has 6 nitrogen and oxygen atoms in total. The maximum atomic E-state index is 11.8. The van der Waals surface area contributed by atoms with Crippen LogP contribution in [0.4, 0.5) is 5.82 Å². The number of aryl methyl sites for hydroxylation is 1. The fourth-order valence-corrected chi connectivity index (χ4v) is 2.01. The zero-order valence-electron chi connectivity index (χ0n) is 10.3. The minimum atomic E-state index is -0.152. The van der Waals surface area contributed by atoms with Crippen LogP contribution in [0.3, 0.4) is 0 Å². The van der Waals surface area contributed by atoms with Gasteiger partial charge in [0.2, 0.25) is 11.8 Å². The third-order valence-corrected chi connectivity index (χ3v) is 2.85. The number of hydrogen-bond donors (Lipinski definition) is 1. The van der Waals surface area contributed by atoms with E-state index in [0.717, 1.165) is 18.5 Å². The Balaban J connectivity index is 2.20. The fraction of sp³-hybridized carbons (Fsp3) is 0.500. The molecule has 0 aromatic carbocycles. The molecule has 0 unspecified atom stereocenters. The van der Waals surface area contributed by atoms with Crippen LogP contribution in [0.25, 0.3) is 0 Å². The predicted octanol–water partition coefficient (Wildman–Crippen LogP) is 0.796. The summed E-state index contributed by atoms with van der Waals surface area (Å²) >= 11 is 0. The van der Waals surface area contributed by atoms with Crippen molar-refractivity contribution in [3.05, 3.63) is 17.6 Å². The third-order valence-electron chi connectivity index (χ3n) is 2.85. The van der Waals surface area contributed by atoms with Gasteiger partial charge in [-0.05, 0) is 19.8 Å². The van der Waals surface area contributed by atoms with Crippen molar-refractivity contribution in [3.8, 4) is 0 Å². The first-order valence-corrected chi connectivity index (χ1v) is 5.99. The molecular weight excluding hydrogens is 232 g/mol. The van der Waals surface area contributed by atoms with Crippen molar-refractivity contribution in [3.63, 3.8) is 0 Å². The molecular formula is C12H16N4O2. The molecule has 96 valence electrons.